The van der Waals surface area contributed by atoms with E-state index >= 15 is 0 Å². The molecule has 68 valence electrons. The minimum absolute atomic E-state index is 0.0245. The van der Waals surface area contributed by atoms with Gasteiger partial charge in [0, 0.05) is 0 Å². The van der Waals surface area contributed by atoms with Crippen LogP contribution in [0.1, 0.15) is 12.8 Å². The van der Waals surface area contributed by atoms with E-state index in [9.17, 15) is 17.2 Å². The summed E-state index contributed by atoms with van der Waals surface area (Å²) in [4.78, 5) is 36.0. The van der Waals surface area contributed by atoms with Crippen molar-refractivity contribution in [1.82, 2.24) is 5.06 Å². The minimum atomic E-state index is -2.22. The maximum absolute atomic E-state index is 11.7. The normalized spacial score (nSPS) is 17.2. The number of carbonyl (C=O) groups is 3. The van der Waals surface area contributed by atoms with Gasteiger partial charge in [-0.25, -0.2) is 0 Å². The number of rotatable bonds is 2. The fraction of sp³-hybridized carbons (Fsp3) is 0.400. The first-order chi connectivity index (χ1) is 5.65. The third-order valence-corrected chi connectivity index (χ3v) is 1.76. The second-order valence-corrected chi connectivity index (χ2v) is 3.27. The third kappa shape index (κ3) is 1.90. The average Bonchev–Trinajstić information content (AvgIpc) is 2.35. The second-order valence-electron chi connectivity index (χ2n) is 1.98. The number of imide groups is 1. The van der Waals surface area contributed by atoms with Crippen molar-refractivity contribution >= 4 is 15.8 Å². The van der Waals surface area contributed by atoms with Crippen LogP contribution >= 0.6 is 0 Å². The number of nitrogens with zero attached hydrogens (tertiary/aromatic N) is 1. The van der Waals surface area contributed by atoms with Crippen LogP contribution < -0.4 is 21.8 Å². The Bertz CT molecular complexity index is 228. The van der Waals surface area contributed by atoms with E-state index in [0.29, 0.717) is 5.06 Å². The van der Waals surface area contributed by atoms with Crippen LogP contribution in [0.5, 0.6) is 0 Å². The molecule has 5 nitrogen and oxygen atoms in total. The summed E-state index contributed by atoms with van der Waals surface area (Å²) in [5, 5.41) is 0.335. The van der Waals surface area contributed by atoms with Crippen LogP contribution in [-0.4, -0.2) is 20.9 Å². The first kappa shape index (κ1) is 9.36. The van der Waals surface area contributed by atoms with Gasteiger partial charge in [0.2, 0.25) is 0 Å². The summed E-state index contributed by atoms with van der Waals surface area (Å²) < 4.78 is 10.6. The molecule has 2 amide bonds. The van der Waals surface area contributed by atoms with Crippen LogP contribution in [0.3, 0.4) is 0 Å². The number of hydrogen-bond donors (Lipinski definition) is 0. The van der Waals surface area contributed by atoms with Crippen LogP contribution in [-0.2, 0) is 14.4 Å². The molecule has 1 fully saturated rings. The molecule has 0 spiro atoms. The van der Waals surface area contributed by atoms with Crippen molar-refractivity contribution in [2.75, 3.05) is 0 Å². The zero-order chi connectivity index (χ0) is 9.14. The molecule has 12 heavy (non-hydrogen) atoms. The Kier molecular flexibility index (Phi) is 2.95. The molecule has 0 unspecified atom stereocenters. The first-order valence-electron chi connectivity index (χ1n) is 2.99. The molecule has 0 saturated carbocycles. The van der Waals surface area contributed by atoms with Crippen molar-refractivity contribution in [3.05, 3.63) is 0 Å². The van der Waals surface area contributed by atoms with Gasteiger partial charge in [0.1, 0.15) is 0 Å². The van der Waals surface area contributed by atoms with Crippen LogP contribution in [0.25, 0.3) is 0 Å². The van der Waals surface area contributed by atoms with Crippen LogP contribution in [0.2, 0.25) is 0 Å². The van der Waals surface area contributed by atoms with Crippen molar-refractivity contribution in [2.45, 2.75) is 12.8 Å². The molecule has 1 aliphatic heterocycles. The number of carbonyl (C=O) groups excluding carboxylic acids is 3. The van der Waals surface area contributed by atoms with E-state index in [0.717, 1.165) is 0 Å². The van der Waals surface area contributed by atoms with E-state index in [1.165, 1.54) is 0 Å². The molecule has 0 radical (unpaired) electrons. The second kappa shape index (κ2) is 3.78. The van der Waals surface area contributed by atoms with E-state index in [2.05, 4.69) is 4.84 Å². The Labute approximate surface area is 77.8 Å². The molecule has 1 saturated heterocycles. The molecular formula is C5H4FINO4-. The molecule has 0 bridgehead atoms. The quantitative estimate of drug-likeness (QED) is 0.312. The van der Waals surface area contributed by atoms with Gasteiger partial charge in [-0.15, -0.1) is 0 Å². The summed E-state index contributed by atoms with van der Waals surface area (Å²) in [5.74, 6) is -1.18. The Morgan fingerprint density at radius 2 is 1.92 bits per heavy atom. The van der Waals surface area contributed by atoms with Gasteiger partial charge < -0.3 is 0 Å². The molecule has 1 rings (SSSR count). The zero-order valence-corrected chi connectivity index (χ0v) is 7.91. The zero-order valence-electron chi connectivity index (χ0n) is 5.75. The van der Waals surface area contributed by atoms with Crippen molar-refractivity contribution in [3.8, 4) is 0 Å². The number of amides is 2. The Morgan fingerprint density at radius 3 is 2.33 bits per heavy atom. The summed E-state index contributed by atoms with van der Waals surface area (Å²) in [5.41, 5.74) is 0. The molecule has 7 heteroatoms. The Morgan fingerprint density at radius 1 is 1.42 bits per heavy atom. The maximum atomic E-state index is 11.7. The first-order valence-corrected chi connectivity index (χ1v) is 4.88. The summed E-state index contributed by atoms with van der Waals surface area (Å²) in [7, 11) is 0. The standard InChI is InChI=1S/C5H4FINO4/c6-7-5(11)12-8-3(9)1-2-4(8)10/h1-2H2/q-1. The predicted octanol–water partition coefficient (Wildman–Crippen LogP) is -2.84. The van der Waals surface area contributed by atoms with E-state index in [1.807, 2.05) is 0 Å². The number of hydroxylamine groups is 2. The summed E-state index contributed by atoms with van der Waals surface area (Å²) in [6.07, 6.45) is 0.0490. The summed E-state index contributed by atoms with van der Waals surface area (Å²) >= 11 is -2.22. The third-order valence-electron chi connectivity index (χ3n) is 1.23. The molecule has 0 aromatic rings. The number of halogens is 2. The van der Waals surface area contributed by atoms with Gasteiger partial charge >= 0.3 is 77.6 Å². The van der Waals surface area contributed by atoms with Crippen molar-refractivity contribution in [2.24, 2.45) is 0 Å². The predicted molar refractivity (Wildman–Crippen MR) is 28.7 cm³/mol. The molecule has 1 aliphatic rings. The fourth-order valence-corrected chi connectivity index (χ4v) is 1.01. The van der Waals surface area contributed by atoms with E-state index in [1.54, 1.807) is 0 Å². The van der Waals surface area contributed by atoms with Crippen LogP contribution in [0.4, 0.5) is 7.65 Å². The van der Waals surface area contributed by atoms with Crippen molar-refractivity contribution in [3.63, 3.8) is 0 Å². The molecule has 0 N–H and O–H groups in total. The van der Waals surface area contributed by atoms with E-state index in [4.69, 9.17) is 0 Å². The van der Waals surface area contributed by atoms with Gasteiger partial charge in [-0.2, -0.15) is 0 Å². The van der Waals surface area contributed by atoms with Gasteiger partial charge in [-0.3, -0.25) is 0 Å². The van der Waals surface area contributed by atoms with Crippen molar-refractivity contribution < 1.29 is 43.9 Å². The molecule has 0 aromatic carbocycles. The average molecular weight is 288 g/mol. The molecule has 1 heterocycles. The van der Waals surface area contributed by atoms with Gasteiger partial charge in [-0.05, 0) is 0 Å². The molecule has 0 aliphatic carbocycles. The molecular weight excluding hydrogens is 284 g/mol. The van der Waals surface area contributed by atoms with Gasteiger partial charge in [0.15, 0.2) is 0 Å². The molecule has 0 atom stereocenters. The van der Waals surface area contributed by atoms with Crippen molar-refractivity contribution in [1.29, 1.82) is 0 Å². The van der Waals surface area contributed by atoms with Gasteiger partial charge in [0.05, 0.1) is 0 Å². The summed E-state index contributed by atoms with van der Waals surface area (Å²) in [6, 6.07) is 0. The topological polar surface area (TPSA) is 63.7 Å². The van der Waals surface area contributed by atoms with E-state index < -0.39 is 37.6 Å². The Hall–Kier alpha value is -0.730. The summed E-state index contributed by atoms with van der Waals surface area (Å²) in [6.45, 7) is 0. The Balaban J connectivity index is 2.56. The SMILES string of the molecule is O=C(ON1C(=O)CCC1=O)[I-]F. The van der Waals surface area contributed by atoms with Gasteiger partial charge in [-0.1, -0.05) is 0 Å². The van der Waals surface area contributed by atoms with Crippen LogP contribution in [0, 0.1) is 0 Å². The fourth-order valence-electron chi connectivity index (χ4n) is 0.743. The van der Waals surface area contributed by atoms with E-state index in [-0.39, 0.29) is 12.8 Å². The van der Waals surface area contributed by atoms with Gasteiger partial charge in [0.25, 0.3) is 0 Å². The van der Waals surface area contributed by atoms with Crippen LogP contribution in [0.15, 0.2) is 0 Å². The number of hydrogen-bond acceptors (Lipinski definition) is 4. The monoisotopic (exact) mass is 288 g/mol. The molecule has 0 aromatic heterocycles.